The number of aryl methyl sites for hydroxylation is 1. The highest BCUT2D eigenvalue weighted by molar-refractivity contribution is 5.95. The third-order valence-electron chi connectivity index (χ3n) is 2.79. The fourth-order valence-electron chi connectivity index (χ4n) is 2.05. The van der Waals surface area contributed by atoms with Gasteiger partial charge >= 0.3 is 5.97 Å². The number of nitrogens with zero attached hydrogens (tertiary/aromatic N) is 1. The van der Waals surface area contributed by atoms with Gasteiger partial charge in [-0.3, -0.25) is 0 Å². The molecule has 0 spiro atoms. The van der Waals surface area contributed by atoms with Crippen molar-refractivity contribution in [3.05, 3.63) is 35.3 Å². The fraction of sp³-hybridized carbons (Fsp3) is 0.333. The number of hydrogen-bond acceptors (Lipinski definition) is 4. The van der Waals surface area contributed by atoms with Gasteiger partial charge in [-0.2, -0.15) is 0 Å². The van der Waals surface area contributed by atoms with E-state index in [2.05, 4.69) is 9.72 Å². The summed E-state index contributed by atoms with van der Waals surface area (Å²) in [5.41, 5.74) is 1.18. The Hall–Kier alpha value is -2.17. The standard InChI is InChI=1S/C15H16FNO3/c1-8(2)20-13-7-12(15(18)19-4)17-11-6-10(16)5-9(3)14(11)13/h5-8H,1-4H3. The molecule has 0 saturated heterocycles. The number of ether oxygens (including phenoxy) is 2. The van der Waals surface area contributed by atoms with Crippen LogP contribution in [-0.4, -0.2) is 24.2 Å². The van der Waals surface area contributed by atoms with Crippen molar-refractivity contribution in [2.24, 2.45) is 0 Å². The van der Waals surface area contributed by atoms with Crippen LogP contribution in [0.3, 0.4) is 0 Å². The normalized spacial score (nSPS) is 10.9. The number of fused-ring (bicyclic) bond motifs is 1. The number of halogens is 1. The maximum absolute atomic E-state index is 13.5. The van der Waals surface area contributed by atoms with Crippen molar-refractivity contribution >= 4 is 16.9 Å². The minimum absolute atomic E-state index is 0.0736. The van der Waals surface area contributed by atoms with Gasteiger partial charge in [-0.25, -0.2) is 14.2 Å². The summed E-state index contributed by atoms with van der Waals surface area (Å²) < 4.78 is 23.9. The first kappa shape index (κ1) is 14.2. The highest BCUT2D eigenvalue weighted by Crippen LogP contribution is 2.30. The zero-order valence-corrected chi connectivity index (χ0v) is 11.9. The van der Waals surface area contributed by atoms with E-state index in [0.29, 0.717) is 22.2 Å². The maximum Gasteiger partial charge on any atom is 0.356 e. The summed E-state index contributed by atoms with van der Waals surface area (Å²) in [7, 11) is 1.27. The Balaban J connectivity index is 2.74. The quantitative estimate of drug-likeness (QED) is 0.808. The summed E-state index contributed by atoms with van der Waals surface area (Å²) in [6, 6.07) is 4.22. The average molecular weight is 277 g/mol. The molecule has 0 aliphatic rings. The molecule has 0 amide bonds. The van der Waals surface area contributed by atoms with Gasteiger partial charge in [-0.05, 0) is 32.4 Å². The topological polar surface area (TPSA) is 48.4 Å². The van der Waals surface area contributed by atoms with Crippen molar-refractivity contribution in [3.8, 4) is 5.75 Å². The molecular weight excluding hydrogens is 261 g/mol. The fourth-order valence-corrected chi connectivity index (χ4v) is 2.05. The van der Waals surface area contributed by atoms with Crippen molar-refractivity contribution in [1.82, 2.24) is 4.98 Å². The van der Waals surface area contributed by atoms with Gasteiger partial charge in [0.15, 0.2) is 5.69 Å². The van der Waals surface area contributed by atoms with E-state index in [1.807, 2.05) is 13.8 Å². The lowest BCUT2D eigenvalue weighted by Crippen LogP contribution is -2.10. The zero-order chi connectivity index (χ0) is 14.9. The summed E-state index contributed by atoms with van der Waals surface area (Å²) in [4.78, 5) is 15.8. The van der Waals surface area contributed by atoms with Crippen LogP contribution in [0.4, 0.5) is 4.39 Å². The van der Waals surface area contributed by atoms with Crippen LogP contribution in [0.25, 0.3) is 10.9 Å². The molecule has 0 saturated carbocycles. The Morgan fingerprint density at radius 2 is 2.00 bits per heavy atom. The first-order valence-electron chi connectivity index (χ1n) is 6.28. The molecule has 2 rings (SSSR count). The third kappa shape index (κ3) is 2.71. The monoisotopic (exact) mass is 277 g/mol. The van der Waals surface area contributed by atoms with Gasteiger partial charge in [0, 0.05) is 17.5 Å². The number of rotatable bonds is 3. The lowest BCUT2D eigenvalue weighted by Gasteiger charge is -2.15. The number of methoxy groups -OCH3 is 1. The molecular formula is C15H16FNO3. The Labute approximate surface area is 116 Å². The Morgan fingerprint density at radius 1 is 1.30 bits per heavy atom. The van der Waals surface area contributed by atoms with E-state index in [4.69, 9.17) is 4.74 Å². The second-order valence-corrected chi connectivity index (χ2v) is 4.78. The van der Waals surface area contributed by atoms with E-state index in [0.717, 1.165) is 0 Å². The lowest BCUT2D eigenvalue weighted by atomic mass is 10.1. The van der Waals surface area contributed by atoms with Crippen LogP contribution in [-0.2, 0) is 4.74 Å². The van der Waals surface area contributed by atoms with Gasteiger partial charge < -0.3 is 9.47 Å². The molecule has 20 heavy (non-hydrogen) atoms. The van der Waals surface area contributed by atoms with E-state index < -0.39 is 11.8 Å². The number of carbonyl (C=O) groups is 1. The predicted octanol–water partition coefficient (Wildman–Crippen LogP) is 3.26. The van der Waals surface area contributed by atoms with Crippen LogP contribution >= 0.6 is 0 Å². The Bertz CT molecular complexity index is 668. The van der Waals surface area contributed by atoms with Crippen molar-refractivity contribution in [3.63, 3.8) is 0 Å². The second-order valence-electron chi connectivity index (χ2n) is 4.78. The first-order chi connectivity index (χ1) is 9.42. The number of benzene rings is 1. The van der Waals surface area contributed by atoms with Crippen molar-refractivity contribution in [1.29, 1.82) is 0 Å². The molecule has 0 atom stereocenters. The van der Waals surface area contributed by atoms with Crippen LogP contribution in [0.15, 0.2) is 18.2 Å². The van der Waals surface area contributed by atoms with Gasteiger partial charge in [0.1, 0.15) is 11.6 Å². The molecule has 1 heterocycles. The molecule has 1 aromatic carbocycles. The molecule has 0 unspecified atom stereocenters. The van der Waals surface area contributed by atoms with Crippen LogP contribution in [0.1, 0.15) is 29.9 Å². The molecule has 0 aliphatic heterocycles. The van der Waals surface area contributed by atoms with E-state index in [1.54, 1.807) is 6.92 Å². The number of aromatic nitrogens is 1. The molecule has 1 aromatic heterocycles. The molecule has 0 bridgehead atoms. The molecule has 0 radical (unpaired) electrons. The van der Waals surface area contributed by atoms with Gasteiger partial charge in [0.05, 0.1) is 18.7 Å². The highest BCUT2D eigenvalue weighted by Gasteiger charge is 2.16. The van der Waals surface area contributed by atoms with E-state index >= 15 is 0 Å². The third-order valence-corrected chi connectivity index (χ3v) is 2.79. The SMILES string of the molecule is COC(=O)c1cc(OC(C)C)c2c(C)cc(F)cc2n1. The minimum Gasteiger partial charge on any atom is -0.490 e. The first-order valence-corrected chi connectivity index (χ1v) is 6.28. The minimum atomic E-state index is -0.581. The molecule has 2 aromatic rings. The van der Waals surface area contributed by atoms with Gasteiger partial charge in [-0.15, -0.1) is 0 Å². The largest absolute Gasteiger partial charge is 0.490 e. The Morgan fingerprint density at radius 3 is 2.60 bits per heavy atom. The summed E-state index contributed by atoms with van der Waals surface area (Å²) in [5.74, 6) is -0.481. The van der Waals surface area contributed by atoms with Gasteiger partial charge in [-0.1, -0.05) is 0 Å². The van der Waals surface area contributed by atoms with E-state index in [9.17, 15) is 9.18 Å². The van der Waals surface area contributed by atoms with Crippen LogP contribution in [0, 0.1) is 12.7 Å². The molecule has 4 nitrogen and oxygen atoms in total. The lowest BCUT2D eigenvalue weighted by molar-refractivity contribution is 0.0593. The number of pyridine rings is 1. The van der Waals surface area contributed by atoms with E-state index in [-0.39, 0.29) is 11.8 Å². The average Bonchev–Trinajstić information content (AvgIpc) is 2.35. The molecule has 0 aliphatic carbocycles. The Kier molecular flexibility index (Phi) is 3.88. The van der Waals surface area contributed by atoms with Crippen molar-refractivity contribution in [2.45, 2.75) is 26.9 Å². The van der Waals surface area contributed by atoms with Crippen LogP contribution in [0.5, 0.6) is 5.75 Å². The second kappa shape index (κ2) is 5.45. The van der Waals surface area contributed by atoms with Crippen LogP contribution < -0.4 is 4.74 Å². The van der Waals surface area contributed by atoms with Gasteiger partial charge in [0.25, 0.3) is 0 Å². The van der Waals surface area contributed by atoms with Crippen molar-refractivity contribution < 1.29 is 18.7 Å². The summed E-state index contributed by atoms with van der Waals surface area (Å²) in [5, 5.41) is 0.702. The van der Waals surface area contributed by atoms with Gasteiger partial charge in [0.2, 0.25) is 0 Å². The van der Waals surface area contributed by atoms with E-state index in [1.165, 1.54) is 25.3 Å². The molecule has 0 N–H and O–H groups in total. The number of carbonyl (C=O) groups excluding carboxylic acids is 1. The zero-order valence-electron chi connectivity index (χ0n) is 11.9. The smallest absolute Gasteiger partial charge is 0.356 e. The van der Waals surface area contributed by atoms with Crippen LogP contribution in [0.2, 0.25) is 0 Å². The summed E-state index contributed by atoms with van der Waals surface area (Å²) in [6.07, 6.45) is -0.0736. The molecule has 5 heteroatoms. The summed E-state index contributed by atoms with van der Waals surface area (Å²) in [6.45, 7) is 5.53. The predicted molar refractivity (Wildman–Crippen MR) is 73.5 cm³/mol. The number of esters is 1. The molecule has 106 valence electrons. The molecule has 0 fully saturated rings. The van der Waals surface area contributed by atoms with Crippen molar-refractivity contribution in [2.75, 3.05) is 7.11 Å². The summed E-state index contributed by atoms with van der Waals surface area (Å²) >= 11 is 0. The highest BCUT2D eigenvalue weighted by atomic mass is 19.1. The number of hydrogen-bond donors (Lipinski definition) is 0. The maximum atomic E-state index is 13.5.